The number of imide groups is 1. The minimum Gasteiger partial charge on any atom is -0.497 e. The van der Waals surface area contributed by atoms with Crippen LogP contribution in [0.1, 0.15) is 21.5 Å². The predicted octanol–water partition coefficient (Wildman–Crippen LogP) is 3.66. The molecule has 0 radical (unpaired) electrons. The van der Waals surface area contributed by atoms with E-state index in [0.717, 1.165) is 23.1 Å². The van der Waals surface area contributed by atoms with Crippen molar-refractivity contribution in [3.05, 3.63) is 95.1 Å². The van der Waals surface area contributed by atoms with Crippen molar-refractivity contribution < 1.29 is 32.6 Å². The highest BCUT2D eigenvalue weighted by atomic mass is 19.2. The average Bonchev–Trinajstić information content (AvgIpc) is 3.11. The lowest BCUT2D eigenvalue weighted by atomic mass is 9.82. The van der Waals surface area contributed by atoms with Gasteiger partial charge in [-0.15, -0.1) is 0 Å². The van der Waals surface area contributed by atoms with Crippen molar-refractivity contribution in [2.45, 2.75) is 5.54 Å². The molecule has 34 heavy (non-hydrogen) atoms. The maximum Gasteiger partial charge on any atom is 0.325 e. The van der Waals surface area contributed by atoms with E-state index in [9.17, 15) is 23.2 Å². The SMILES string of the molecule is COc1ccc(C2(c3ccc(OC)cc3)NC(=O)N(CC(=O)c3ccc(F)c(F)c3)C2=O)cc1. The Morgan fingerprint density at radius 3 is 1.85 bits per heavy atom. The van der Waals surface area contributed by atoms with E-state index in [1.54, 1.807) is 48.5 Å². The van der Waals surface area contributed by atoms with Crippen molar-refractivity contribution in [3.63, 3.8) is 0 Å². The van der Waals surface area contributed by atoms with E-state index in [0.29, 0.717) is 22.6 Å². The van der Waals surface area contributed by atoms with Gasteiger partial charge in [0, 0.05) is 5.56 Å². The Kier molecular flexibility index (Phi) is 6.02. The lowest BCUT2D eigenvalue weighted by Gasteiger charge is -2.28. The number of ether oxygens (including phenoxy) is 2. The van der Waals surface area contributed by atoms with Gasteiger partial charge in [0.2, 0.25) is 0 Å². The van der Waals surface area contributed by atoms with Crippen LogP contribution in [0.4, 0.5) is 13.6 Å². The maximum absolute atomic E-state index is 13.7. The number of benzene rings is 3. The quantitative estimate of drug-likeness (QED) is 0.424. The number of nitrogens with zero attached hydrogens (tertiary/aromatic N) is 1. The lowest BCUT2D eigenvalue weighted by Crippen LogP contribution is -2.45. The summed E-state index contributed by atoms with van der Waals surface area (Å²) < 4.78 is 37.2. The van der Waals surface area contributed by atoms with Gasteiger partial charge in [-0.3, -0.25) is 14.5 Å². The molecule has 0 atom stereocenters. The van der Waals surface area contributed by atoms with Gasteiger partial charge in [0.25, 0.3) is 5.91 Å². The van der Waals surface area contributed by atoms with Crippen molar-refractivity contribution in [2.24, 2.45) is 0 Å². The van der Waals surface area contributed by atoms with E-state index in [-0.39, 0.29) is 5.56 Å². The van der Waals surface area contributed by atoms with E-state index < -0.39 is 41.4 Å². The van der Waals surface area contributed by atoms with Gasteiger partial charge in [0.1, 0.15) is 11.5 Å². The second kappa shape index (κ2) is 8.93. The summed E-state index contributed by atoms with van der Waals surface area (Å²) in [7, 11) is 3.00. The minimum atomic E-state index is -1.62. The molecule has 1 N–H and O–H groups in total. The standard InChI is InChI=1S/C25H20F2N2O5/c1-33-18-8-4-16(5-9-18)25(17-6-10-19(34-2)11-7-17)23(31)29(24(32)28-25)14-22(30)15-3-12-20(26)21(27)13-15/h3-13H,14H2,1-2H3,(H,28,32). The third-order valence-electron chi connectivity index (χ3n) is 5.69. The Bertz CT molecular complexity index is 1210. The first kappa shape index (κ1) is 22.9. The fourth-order valence-corrected chi connectivity index (χ4v) is 3.86. The molecule has 1 saturated heterocycles. The van der Waals surface area contributed by atoms with E-state index in [4.69, 9.17) is 9.47 Å². The number of methoxy groups -OCH3 is 2. The maximum atomic E-state index is 13.7. The first-order valence-electron chi connectivity index (χ1n) is 10.2. The number of carbonyl (C=O) groups excluding carboxylic acids is 3. The molecule has 9 heteroatoms. The fourth-order valence-electron chi connectivity index (χ4n) is 3.86. The molecule has 0 spiro atoms. The monoisotopic (exact) mass is 466 g/mol. The molecule has 1 heterocycles. The van der Waals surface area contributed by atoms with Crippen LogP contribution in [0.3, 0.4) is 0 Å². The molecule has 3 aromatic rings. The number of rotatable bonds is 7. The molecule has 0 unspecified atom stereocenters. The number of ketones is 1. The van der Waals surface area contributed by atoms with Crippen LogP contribution in [-0.4, -0.2) is 43.4 Å². The molecule has 3 aromatic carbocycles. The lowest BCUT2D eigenvalue weighted by molar-refractivity contribution is -0.129. The minimum absolute atomic E-state index is 0.161. The summed E-state index contributed by atoms with van der Waals surface area (Å²) in [6.07, 6.45) is 0. The number of Topliss-reactive ketones (excluding diaryl/α,β-unsaturated/α-hetero) is 1. The van der Waals surface area contributed by atoms with Gasteiger partial charge in [-0.05, 0) is 53.6 Å². The Morgan fingerprint density at radius 2 is 1.38 bits per heavy atom. The normalized spacial score (nSPS) is 14.6. The molecule has 7 nitrogen and oxygen atoms in total. The second-order valence-electron chi connectivity index (χ2n) is 7.58. The van der Waals surface area contributed by atoms with Crippen LogP contribution >= 0.6 is 0 Å². The second-order valence-corrected chi connectivity index (χ2v) is 7.58. The number of urea groups is 1. The average molecular weight is 466 g/mol. The van der Waals surface area contributed by atoms with Crippen LogP contribution in [-0.2, 0) is 10.3 Å². The molecule has 1 aliphatic heterocycles. The molecular formula is C25H20F2N2O5. The zero-order chi connectivity index (χ0) is 24.5. The number of hydrogen-bond donors (Lipinski definition) is 1. The van der Waals surface area contributed by atoms with E-state index in [1.165, 1.54) is 14.2 Å². The Labute approximate surface area is 193 Å². The van der Waals surface area contributed by atoms with Crippen molar-refractivity contribution in [1.29, 1.82) is 0 Å². The molecule has 3 amide bonds. The molecule has 0 aliphatic carbocycles. The van der Waals surface area contributed by atoms with Gasteiger partial charge in [-0.1, -0.05) is 24.3 Å². The smallest absolute Gasteiger partial charge is 0.325 e. The third kappa shape index (κ3) is 3.85. The summed E-state index contributed by atoms with van der Waals surface area (Å²) in [4.78, 5) is 40.1. The summed E-state index contributed by atoms with van der Waals surface area (Å²) >= 11 is 0. The van der Waals surface area contributed by atoms with E-state index >= 15 is 0 Å². The number of carbonyl (C=O) groups is 3. The zero-order valence-electron chi connectivity index (χ0n) is 18.3. The van der Waals surface area contributed by atoms with Crippen LogP contribution in [0, 0.1) is 11.6 Å². The van der Waals surface area contributed by atoms with Gasteiger partial charge >= 0.3 is 6.03 Å². The third-order valence-corrected chi connectivity index (χ3v) is 5.69. The predicted molar refractivity (Wildman–Crippen MR) is 118 cm³/mol. The van der Waals surface area contributed by atoms with Gasteiger partial charge < -0.3 is 14.8 Å². The van der Waals surface area contributed by atoms with E-state index in [2.05, 4.69) is 5.32 Å². The van der Waals surface area contributed by atoms with Gasteiger partial charge in [0.15, 0.2) is 23.0 Å². The number of amides is 3. The molecule has 174 valence electrons. The van der Waals surface area contributed by atoms with Crippen LogP contribution < -0.4 is 14.8 Å². The highest BCUT2D eigenvalue weighted by Crippen LogP contribution is 2.37. The molecule has 4 rings (SSSR count). The Hall–Kier alpha value is -4.27. The molecule has 1 fully saturated rings. The summed E-state index contributed by atoms with van der Waals surface area (Å²) in [6.45, 7) is -0.649. The van der Waals surface area contributed by atoms with Gasteiger partial charge in [-0.2, -0.15) is 0 Å². The number of halogens is 2. The molecular weight excluding hydrogens is 446 g/mol. The molecule has 0 saturated carbocycles. The topological polar surface area (TPSA) is 84.9 Å². The van der Waals surface area contributed by atoms with Crippen LogP contribution in [0.25, 0.3) is 0 Å². The highest BCUT2D eigenvalue weighted by Gasteiger charge is 2.54. The Balaban J connectivity index is 1.74. The highest BCUT2D eigenvalue weighted by molar-refractivity contribution is 6.13. The van der Waals surface area contributed by atoms with Crippen molar-refractivity contribution in [1.82, 2.24) is 10.2 Å². The van der Waals surface area contributed by atoms with Crippen LogP contribution in [0.5, 0.6) is 11.5 Å². The van der Waals surface area contributed by atoms with Gasteiger partial charge in [0.05, 0.1) is 20.8 Å². The van der Waals surface area contributed by atoms with Crippen molar-refractivity contribution >= 4 is 17.7 Å². The molecule has 0 aromatic heterocycles. The zero-order valence-corrected chi connectivity index (χ0v) is 18.3. The number of hydrogen-bond acceptors (Lipinski definition) is 5. The summed E-state index contributed by atoms with van der Waals surface area (Å²) in [5.74, 6) is -2.61. The van der Waals surface area contributed by atoms with Crippen molar-refractivity contribution in [3.8, 4) is 11.5 Å². The first-order chi connectivity index (χ1) is 16.3. The molecule has 0 bridgehead atoms. The molecule has 1 aliphatic rings. The van der Waals surface area contributed by atoms with Crippen LogP contribution in [0.2, 0.25) is 0 Å². The number of nitrogens with one attached hydrogen (secondary N) is 1. The summed E-state index contributed by atoms with van der Waals surface area (Å²) in [6, 6.07) is 15.0. The Morgan fingerprint density at radius 1 is 0.853 bits per heavy atom. The first-order valence-corrected chi connectivity index (χ1v) is 10.2. The van der Waals surface area contributed by atoms with Crippen LogP contribution in [0.15, 0.2) is 66.7 Å². The fraction of sp³-hybridized carbons (Fsp3) is 0.160. The summed E-state index contributed by atoms with van der Waals surface area (Å²) in [5.41, 5.74) is -0.894. The van der Waals surface area contributed by atoms with Crippen molar-refractivity contribution in [2.75, 3.05) is 20.8 Å². The summed E-state index contributed by atoms with van der Waals surface area (Å²) in [5, 5.41) is 2.72. The van der Waals surface area contributed by atoms with E-state index in [1.807, 2.05) is 0 Å². The largest absolute Gasteiger partial charge is 0.497 e. The van der Waals surface area contributed by atoms with Gasteiger partial charge in [-0.25, -0.2) is 13.6 Å².